The minimum absolute atomic E-state index is 0.437. The number of aryl methyl sites for hydroxylation is 2. The van der Waals surface area contributed by atoms with Crippen LogP contribution in [0.3, 0.4) is 0 Å². The Bertz CT molecular complexity index is 814. The molecule has 0 radical (unpaired) electrons. The van der Waals surface area contributed by atoms with Crippen LogP contribution in [-0.4, -0.2) is 42.3 Å². The van der Waals surface area contributed by atoms with E-state index in [4.69, 9.17) is 4.52 Å². The highest BCUT2D eigenvalue weighted by Crippen LogP contribution is 2.36. The normalized spacial score (nSPS) is 16.8. The largest absolute Gasteiger partial charge is 0.355 e. The predicted molar refractivity (Wildman–Crippen MR) is 90.6 cm³/mol. The van der Waals surface area contributed by atoms with Crippen molar-refractivity contribution in [2.45, 2.75) is 32.2 Å². The van der Waals surface area contributed by atoms with Crippen molar-refractivity contribution >= 4 is 11.5 Å². The van der Waals surface area contributed by atoms with Gasteiger partial charge in [0.2, 0.25) is 0 Å². The van der Waals surface area contributed by atoms with Crippen LogP contribution in [0.2, 0.25) is 0 Å². The molecule has 0 N–H and O–H groups in total. The maximum absolute atomic E-state index is 5.40. The number of hydrogen-bond acceptors (Lipinski definition) is 7. The highest BCUT2D eigenvalue weighted by molar-refractivity contribution is 7.09. The van der Waals surface area contributed by atoms with Crippen molar-refractivity contribution in [3.63, 3.8) is 0 Å². The van der Waals surface area contributed by atoms with Crippen molar-refractivity contribution in [2.24, 2.45) is 7.05 Å². The maximum atomic E-state index is 5.40. The van der Waals surface area contributed by atoms with Crippen molar-refractivity contribution in [1.29, 1.82) is 0 Å². The van der Waals surface area contributed by atoms with Crippen molar-refractivity contribution in [3.05, 3.63) is 35.7 Å². The van der Waals surface area contributed by atoms with Crippen LogP contribution in [0.15, 0.2) is 23.1 Å². The third-order valence-corrected chi connectivity index (χ3v) is 5.40. The Morgan fingerprint density at radius 3 is 2.83 bits per heavy atom. The van der Waals surface area contributed by atoms with E-state index < -0.39 is 0 Å². The summed E-state index contributed by atoms with van der Waals surface area (Å²) in [7, 11) is 2.04. The second-order valence-corrected chi connectivity index (χ2v) is 7.12. The van der Waals surface area contributed by atoms with Gasteiger partial charge in [0.15, 0.2) is 5.76 Å². The molecule has 3 aromatic rings. The molecule has 0 aromatic carbocycles. The SMILES string of the molecule is Cc1cc(-c2snnc2C2CCN(Cc3cncn3C)CC2)on1. The molecule has 0 spiro atoms. The average Bonchev–Trinajstić information content (AvgIpc) is 3.30. The summed E-state index contributed by atoms with van der Waals surface area (Å²) in [5, 5.41) is 8.37. The zero-order chi connectivity index (χ0) is 16.5. The minimum atomic E-state index is 0.437. The molecule has 1 aliphatic rings. The fraction of sp³-hybridized carbons (Fsp3) is 0.500. The third-order valence-electron chi connectivity index (χ3n) is 4.64. The Morgan fingerprint density at radius 1 is 1.33 bits per heavy atom. The molecule has 0 unspecified atom stereocenters. The van der Waals surface area contributed by atoms with Crippen LogP contribution in [0.25, 0.3) is 10.6 Å². The standard InChI is InChI=1S/C16H20N6OS/c1-11-7-14(23-19-11)16-15(18-20-24-16)12-3-5-22(6-4-12)9-13-8-17-10-21(13)2/h7-8,10,12H,3-6,9H2,1-2H3. The molecule has 0 bridgehead atoms. The van der Waals surface area contributed by atoms with Crippen molar-refractivity contribution in [1.82, 2.24) is 29.2 Å². The van der Waals surface area contributed by atoms with Gasteiger partial charge in [0.25, 0.3) is 0 Å². The van der Waals surface area contributed by atoms with Gasteiger partial charge in [-0.05, 0) is 44.4 Å². The lowest BCUT2D eigenvalue weighted by Crippen LogP contribution is -2.33. The molecule has 126 valence electrons. The monoisotopic (exact) mass is 344 g/mol. The Hall–Kier alpha value is -2.06. The summed E-state index contributed by atoms with van der Waals surface area (Å²) < 4.78 is 11.6. The van der Waals surface area contributed by atoms with Crippen LogP contribution in [0.5, 0.6) is 0 Å². The lowest BCUT2D eigenvalue weighted by atomic mass is 9.92. The molecule has 7 nitrogen and oxygen atoms in total. The molecule has 1 fully saturated rings. The quantitative estimate of drug-likeness (QED) is 0.724. The molecule has 0 atom stereocenters. The first-order chi connectivity index (χ1) is 11.7. The summed E-state index contributed by atoms with van der Waals surface area (Å²) in [5.41, 5.74) is 3.20. The van der Waals surface area contributed by atoms with Gasteiger partial charge in [-0.3, -0.25) is 4.90 Å². The predicted octanol–water partition coefficient (Wildman–Crippen LogP) is 2.61. The van der Waals surface area contributed by atoms with Gasteiger partial charge < -0.3 is 9.09 Å². The number of rotatable bonds is 4. The first kappa shape index (κ1) is 15.5. The van der Waals surface area contributed by atoms with Crippen molar-refractivity contribution in [2.75, 3.05) is 13.1 Å². The van der Waals surface area contributed by atoms with E-state index in [9.17, 15) is 0 Å². The first-order valence-electron chi connectivity index (χ1n) is 8.14. The maximum Gasteiger partial charge on any atom is 0.180 e. The molecule has 0 amide bonds. The number of imidazole rings is 1. The van der Waals surface area contributed by atoms with Crippen LogP contribution in [0.4, 0.5) is 0 Å². The zero-order valence-corrected chi connectivity index (χ0v) is 14.7. The summed E-state index contributed by atoms with van der Waals surface area (Å²) in [6.45, 7) is 5.00. The van der Waals surface area contributed by atoms with Gasteiger partial charge in [0, 0.05) is 31.8 Å². The van der Waals surface area contributed by atoms with E-state index in [1.807, 2.05) is 32.6 Å². The average molecular weight is 344 g/mol. The lowest BCUT2D eigenvalue weighted by molar-refractivity contribution is 0.199. The van der Waals surface area contributed by atoms with Gasteiger partial charge in [-0.2, -0.15) is 0 Å². The van der Waals surface area contributed by atoms with Crippen LogP contribution < -0.4 is 0 Å². The number of likely N-dealkylation sites (tertiary alicyclic amines) is 1. The summed E-state index contributed by atoms with van der Waals surface area (Å²) in [5.74, 6) is 1.22. The highest BCUT2D eigenvalue weighted by Gasteiger charge is 2.27. The van der Waals surface area contributed by atoms with Gasteiger partial charge in [-0.1, -0.05) is 9.64 Å². The second kappa shape index (κ2) is 6.45. The van der Waals surface area contributed by atoms with Gasteiger partial charge in [-0.25, -0.2) is 4.98 Å². The highest BCUT2D eigenvalue weighted by atomic mass is 32.1. The van der Waals surface area contributed by atoms with Crippen LogP contribution in [-0.2, 0) is 13.6 Å². The number of aromatic nitrogens is 5. The van der Waals surface area contributed by atoms with Crippen molar-refractivity contribution < 1.29 is 4.52 Å². The summed E-state index contributed by atoms with van der Waals surface area (Å²) >= 11 is 1.40. The van der Waals surface area contributed by atoms with Gasteiger partial charge in [0.1, 0.15) is 4.88 Å². The van der Waals surface area contributed by atoms with E-state index in [0.717, 1.165) is 54.5 Å². The Balaban J connectivity index is 1.43. The smallest absolute Gasteiger partial charge is 0.180 e. The van der Waals surface area contributed by atoms with Crippen molar-refractivity contribution in [3.8, 4) is 10.6 Å². The Kier molecular flexibility index (Phi) is 4.15. The molecule has 24 heavy (non-hydrogen) atoms. The third kappa shape index (κ3) is 2.99. The molecule has 0 saturated carbocycles. The fourth-order valence-electron chi connectivity index (χ4n) is 3.24. The topological polar surface area (TPSA) is 72.9 Å². The number of hydrogen-bond donors (Lipinski definition) is 0. The first-order valence-corrected chi connectivity index (χ1v) is 8.91. The van der Waals surface area contributed by atoms with Gasteiger partial charge in [-0.15, -0.1) is 5.10 Å². The zero-order valence-electron chi connectivity index (χ0n) is 13.8. The van der Waals surface area contributed by atoms with Crippen LogP contribution >= 0.6 is 11.5 Å². The van der Waals surface area contributed by atoms with E-state index in [-0.39, 0.29) is 0 Å². The summed E-state index contributed by atoms with van der Waals surface area (Å²) in [6, 6.07) is 1.95. The molecular formula is C16H20N6OS. The number of nitrogens with zero attached hydrogens (tertiary/aromatic N) is 6. The lowest BCUT2D eigenvalue weighted by Gasteiger charge is -2.31. The number of piperidine rings is 1. The summed E-state index contributed by atoms with van der Waals surface area (Å²) in [4.78, 5) is 7.70. The molecule has 3 aromatic heterocycles. The molecule has 1 saturated heterocycles. The Morgan fingerprint density at radius 2 is 2.17 bits per heavy atom. The minimum Gasteiger partial charge on any atom is -0.355 e. The van der Waals surface area contributed by atoms with E-state index in [0.29, 0.717) is 5.92 Å². The van der Waals surface area contributed by atoms with Crippen LogP contribution in [0.1, 0.15) is 35.8 Å². The fourth-order valence-corrected chi connectivity index (χ4v) is 3.93. The van der Waals surface area contributed by atoms with E-state index >= 15 is 0 Å². The van der Waals surface area contributed by atoms with E-state index in [1.54, 1.807) is 0 Å². The second-order valence-electron chi connectivity index (χ2n) is 6.37. The molecule has 8 heteroatoms. The van der Waals surface area contributed by atoms with E-state index in [1.165, 1.54) is 17.2 Å². The molecule has 0 aliphatic carbocycles. The Labute approximate surface area is 144 Å². The summed E-state index contributed by atoms with van der Waals surface area (Å²) in [6.07, 6.45) is 5.97. The molecule has 4 rings (SSSR count). The van der Waals surface area contributed by atoms with E-state index in [2.05, 4.69) is 29.2 Å². The molecular weight excluding hydrogens is 324 g/mol. The van der Waals surface area contributed by atoms with Gasteiger partial charge >= 0.3 is 0 Å². The molecule has 1 aliphatic heterocycles. The van der Waals surface area contributed by atoms with Gasteiger partial charge in [0.05, 0.1) is 23.4 Å². The van der Waals surface area contributed by atoms with Crippen LogP contribution in [0, 0.1) is 6.92 Å². The molecule has 4 heterocycles.